The molecule has 2 saturated carbocycles. The predicted octanol–water partition coefficient (Wildman–Crippen LogP) is 7.97. The first-order valence-corrected chi connectivity index (χ1v) is 13.8. The molecule has 2 heterocycles. The van der Waals surface area contributed by atoms with Gasteiger partial charge in [0.2, 0.25) is 0 Å². The lowest BCUT2D eigenvalue weighted by Gasteiger charge is -2.40. The summed E-state index contributed by atoms with van der Waals surface area (Å²) in [6.45, 7) is 0.419. The Morgan fingerprint density at radius 2 is 1.79 bits per heavy atom. The number of benzene rings is 3. The lowest BCUT2D eigenvalue weighted by molar-refractivity contribution is 0.296. The average molecular weight is 520 g/mol. The molecule has 3 atom stereocenters. The number of fused-ring (bicyclic) bond motifs is 3. The zero-order chi connectivity index (χ0) is 25.7. The molecule has 0 aliphatic heterocycles. The molecule has 2 bridgehead atoms. The number of para-hydroxylation sites is 1. The number of imidazole rings is 1. The lowest BCUT2D eigenvalue weighted by Crippen LogP contribution is -2.34. The summed E-state index contributed by atoms with van der Waals surface area (Å²) in [5, 5.41) is 1.65. The van der Waals surface area contributed by atoms with Crippen LogP contribution < -0.4 is 4.74 Å². The van der Waals surface area contributed by atoms with E-state index in [0.29, 0.717) is 17.7 Å². The molecule has 0 amide bonds. The third-order valence-corrected chi connectivity index (χ3v) is 8.92. The Labute approximate surface area is 228 Å². The highest BCUT2D eigenvalue weighted by Crippen LogP contribution is 2.61. The van der Waals surface area contributed by atoms with Crippen molar-refractivity contribution < 1.29 is 4.74 Å². The van der Waals surface area contributed by atoms with Gasteiger partial charge in [-0.2, -0.15) is 0 Å². The molecule has 2 aliphatic rings. The highest BCUT2D eigenvalue weighted by molar-refractivity contribution is 6.29. The lowest BCUT2D eigenvalue weighted by atomic mass is 9.63. The van der Waals surface area contributed by atoms with Crippen molar-refractivity contribution in [1.29, 1.82) is 0 Å². The van der Waals surface area contributed by atoms with Gasteiger partial charge in [-0.25, -0.2) is 9.97 Å². The molecule has 0 spiro atoms. The van der Waals surface area contributed by atoms with Crippen LogP contribution in [0.5, 0.6) is 5.75 Å². The summed E-state index contributed by atoms with van der Waals surface area (Å²) in [5.41, 5.74) is 5.65. The van der Waals surface area contributed by atoms with E-state index in [1.807, 2.05) is 36.0 Å². The summed E-state index contributed by atoms with van der Waals surface area (Å²) in [4.78, 5) is 9.54. The van der Waals surface area contributed by atoms with E-state index in [1.165, 1.54) is 30.4 Å². The summed E-state index contributed by atoms with van der Waals surface area (Å²) < 4.78 is 8.45. The second-order valence-corrected chi connectivity index (χ2v) is 11.3. The molecular weight excluding hydrogens is 490 g/mol. The van der Waals surface area contributed by atoms with Gasteiger partial charge in [0.15, 0.2) is 0 Å². The zero-order valence-corrected chi connectivity index (χ0v) is 22.2. The number of aryl methyl sites for hydroxylation is 1. The zero-order valence-electron chi connectivity index (χ0n) is 21.5. The Kier molecular flexibility index (Phi) is 5.74. The van der Waals surface area contributed by atoms with Gasteiger partial charge in [-0.3, -0.25) is 0 Å². The molecule has 4 nitrogen and oxygen atoms in total. The van der Waals surface area contributed by atoms with Crippen molar-refractivity contribution in [2.45, 2.75) is 37.7 Å². The number of nitrogens with zero attached hydrogens (tertiary/aromatic N) is 3. The Bertz CT molecular complexity index is 1630. The second kappa shape index (κ2) is 9.28. The van der Waals surface area contributed by atoms with Gasteiger partial charge in [0.1, 0.15) is 23.3 Å². The van der Waals surface area contributed by atoms with E-state index in [1.54, 1.807) is 0 Å². The van der Waals surface area contributed by atoms with Gasteiger partial charge in [-0.15, -0.1) is 0 Å². The first kappa shape index (κ1) is 23.5. The van der Waals surface area contributed by atoms with E-state index >= 15 is 0 Å². The Morgan fingerprint density at radius 3 is 2.55 bits per heavy atom. The fraction of sp³-hybridized carbons (Fsp3) is 0.273. The van der Waals surface area contributed by atoms with Crippen LogP contribution in [0.15, 0.2) is 91.1 Å². The maximum atomic E-state index is 6.41. The van der Waals surface area contributed by atoms with Crippen LogP contribution in [0.3, 0.4) is 0 Å². The topological polar surface area (TPSA) is 39.9 Å². The summed E-state index contributed by atoms with van der Waals surface area (Å²) in [7, 11) is 2.02. The van der Waals surface area contributed by atoms with Gasteiger partial charge < -0.3 is 9.30 Å². The number of ether oxygens (including phenoxy) is 1. The van der Waals surface area contributed by atoms with Gasteiger partial charge in [-0.05, 0) is 72.6 Å². The van der Waals surface area contributed by atoms with Gasteiger partial charge in [-0.1, -0.05) is 72.6 Å². The van der Waals surface area contributed by atoms with Crippen LogP contribution in [0.25, 0.3) is 22.3 Å². The molecule has 5 aromatic rings. The van der Waals surface area contributed by atoms with Crippen LogP contribution in [-0.2, 0) is 19.1 Å². The summed E-state index contributed by atoms with van der Waals surface area (Å²) >= 11 is 6.37. The molecule has 7 rings (SSSR count). The van der Waals surface area contributed by atoms with E-state index in [0.717, 1.165) is 46.1 Å². The molecular formula is C33H30ClN3O. The summed E-state index contributed by atoms with van der Waals surface area (Å²) in [5.74, 6) is 3.11. The molecule has 3 unspecified atom stereocenters. The molecule has 0 N–H and O–H groups in total. The van der Waals surface area contributed by atoms with E-state index < -0.39 is 0 Å². The smallest absolute Gasteiger partial charge is 0.147 e. The number of aromatic nitrogens is 3. The van der Waals surface area contributed by atoms with Crippen LogP contribution in [0, 0.1) is 11.8 Å². The van der Waals surface area contributed by atoms with Crippen molar-refractivity contribution in [1.82, 2.24) is 14.5 Å². The van der Waals surface area contributed by atoms with Crippen LogP contribution >= 0.6 is 11.6 Å². The number of rotatable bonds is 6. The Hall–Kier alpha value is -3.63. The van der Waals surface area contributed by atoms with Gasteiger partial charge in [0.25, 0.3) is 0 Å². The maximum Gasteiger partial charge on any atom is 0.147 e. The van der Waals surface area contributed by atoms with E-state index in [9.17, 15) is 0 Å². The molecule has 190 valence electrons. The van der Waals surface area contributed by atoms with E-state index in [4.69, 9.17) is 26.3 Å². The van der Waals surface area contributed by atoms with Crippen molar-refractivity contribution in [2.75, 3.05) is 0 Å². The minimum atomic E-state index is -0.0709. The highest BCUT2D eigenvalue weighted by Gasteiger charge is 2.53. The molecule has 5 heteroatoms. The number of pyridine rings is 1. The molecule has 3 aromatic carbocycles. The molecule has 2 aromatic heterocycles. The molecule has 2 fully saturated rings. The van der Waals surface area contributed by atoms with Crippen molar-refractivity contribution in [3.63, 3.8) is 0 Å². The fourth-order valence-corrected chi connectivity index (χ4v) is 7.33. The average Bonchev–Trinajstić information content (AvgIpc) is 3.67. The third-order valence-electron chi connectivity index (χ3n) is 8.74. The van der Waals surface area contributed by atoms with Crippen molar-refractivity contribution >= 4 is 22.5 Å². The second-order valence-electron chi connectivity index (χ2n) is 10.9. The van der Waals surface area contributed by atoms with Gasteiger partial charge >= 0.3 is 0 Å². The van der Waals surface area contributed by atoms with Crippen molar-refractivity contribution in [3.05, 3.63) is 113 Å². The number of hydrogen-bond acceptors (Lipinski definition) is 3. The number of halogens is 1. The standard InChI is InChI=1S/C33H30ClN3O/c1-37-20-31(34)36-32(37)28-16-15-27(38-21-26-14-12-23-7-5-6-10-30(23)35-26)18-29(28)33(24-8-3-2-4-9-24)19-22-11-13-25(33)17-22/h2-10,12,14-16,18,20,22,25H,11,13,17,19,21H2,1H3. The molecule has 0 saturated heterocycles. The number of hydrogen-bond donors (Lipinski definition) is 0. The predicted molar refractivity (Wildman–Crippen MR) is 152 cm³/mol. The van der Waals surface area contributed by atoms with Crippen molar-refractivity contribution in [3.8, 4) is 17.1 Å². The van der Waals surface area contributed by atoms with Crippen molar-refractivity contribution in [2.24, 2.45) is 18.9 Å². The van der Waals surface area contributed by atoms with Crippen LogP contribution in [0.2, 0.25) is 5.15 Å². The summed E-state index contributed by atoms with van der Waals surface area (Å²) in [6, 6.07) is 29.9. The van der Waals surface area contributed by atoms with Gasteiger partial charge in [0, 0.05) is 29.6 Å². The van der Waals surface area contributed by atoms with E-state index in [2.05, 4.69) is 66.7 Å². The van der Waals surface area contributed by atoms with Crippen LogP contribution in [0.4, 0.5) is 0 Å². The largest absolute Gasteiger partial charge is 0.487 e. The Balaban J connectivity index is 1.33. The van der Waals surface area contributed by atoms with Gasteiger partial charge in [0.05, 0.1) is 11.2 Å². The maximum absolute atomic E-state index is 6.41. The monoisotopic (exact) mass is 519 g/mol. The third kappa shape index (κ3) is 3.90. The highest BCUT2D eigenvalue weighted by atomic mass is 35.5. The summed E-state index contributed by atoms with van der Waals surface area (Å²) in [6.07, 6.45) is 6.90. The van der Waals surface area contributed by atoms with Crippen LogP contribution in [0.1, 0.15) is 42.5 Å². The molecule has 38 heavy (non-hydrogen) atoms. The SMILES string of the molecule is Cn1cc(Cl)nc1-c1ccc(OCc2ccc3ccccc3n2)cc1C1(c2ccccc2)CC2CCC1C2. The molecule has 0 radical (unpaired) electrons. The quantitative estimate of drug-likeness (QED) is 0.228. The normalized spacial score (nSPS) is 22.3. The first-order chi connectivity index (χ1) is 18.6. The fourth-order valence-electron chi connectivity index (χ4n) is 7.11. The van der Waals surface area contributed by atoms with Crippen LogP contribution in [-0.4, -0.2) is 14.5 Å². The Morgan fingerprint density at radius 1 is 0.947 bits per heavy atom. The minimum absolute atomic E-state index is 0.0709. The molecule has 2 aliphatic carbocycles. The first-order valence-electron chi connectivity index (χ1n) is 13.5. The minimum Gasteiger partial charge on any atom is -0.487 e. The van der Waals surface area contributed by atoms with E-state index in [-0.39, 0.29) is 5.41 Å².